The molecule has 0 spiro atoms. The van der Waals surface area contributed by atoms with Crippen LogP contribution in [0.15, 0.2) is 36.4 Å². The van der Waals surface area contributed by atoms with Gasteiger partial charge in [-0.2, -0.15) is 0 Å². The minimum atomic E-state index is 0.413. The molecule has 1 aromatic heterocycles. The van der Waals surface area contributed by atoms with Crippen molar-refractivity contribution in [2.45, 2.75) is 38.8 Å². The summed E-state index contributed by atoms with van der Waals surface area (Å²) in [7, 11) is 0. The van der Waals surface area contributed by atoms with Crippen LogP contribution in [-0.4, -0.2) is 12.6 Å². The maximum absolute atomic E-state index is 5.72. The fraction of sp³-hybridized carbons (Fsp3) is 0.412. The Balaban J connectivity index is 1.66. The number of thiophene rings is 1. The van der Waals surface area contributed by atoms with Gasteiger partial charge in [0.2, 0.25) is 0 Å². The summed E-state index contributed by atoms with van der Waals surface area (Å²) in [4.78, 5) is 2.85. The van der Waals surface area contributed by atoms with Gasteiger partial charge in [0.05, 0.1) is 6.61 Å². The second-order valence-corrected chi connectivity index (χ2v) is 6.88. The van der Waals surface area contributed by atoms with Crippen molar-refractivity contribution in [1.82, 2.24) is 5.32 Å². The van der Waals surface area contributed by atoms with Crippen LogP contribution in [0.2, 0.25) is 0 Å². The molecule has 20 heavy (non-hydrogen) atoms. The summed E-state index contributed by atoms with van der Waals surface area (Å²) in [5, 5.41) is 3.76. The maximum Gasteiger partial charge on any atom is 0.124 e. The smallest absolute Gasteiger partial charge is 0.124 e. The minimum Gasteiger partial charge on any atom is -0.493 e. The quantitative estimate of drug-likeness (QED) is 0.914. The molecule has 1 aliphatic heterocycles. The normalized spacial score (nSPS) is 19.2. The summed E-state index contributed by atoms with van der Waals surface area (Å²) in [6.07, 6.45) is 2.14. The van der Waals surface area contributed by atoms with E-state index >= 15 is 0 Å². The van der Waals surface area contributed by atoms with E-state index in [1.807, 2.05) is 17.4 Å². The van der Waals surface area contributed by atoms with Gasteiger partial charge in [-0.1, -0.05) is 18.2 Å². The fourth-order valence-electron chi connectivity index (χ4n) is 2.81. The van der Waals surface area contributed by atoms with Crippen molar-refractivity contribution >= 4 is 11.3 Å². The molecule has 2 atom stereocenters. The Kier molecular flexibility index (Phi) is 4.08. The summed E-state index contributed by atoms with van der Waals surface area (Å²) in [5.41, 5.74) is 1.30. The molecular weight excluding hydrogens is 266 g/mol. The second-order valence-electron chi connectivity index (χ2n) is 5.51. The van der Waals surface area contributed by atoms with E-state index in [9.17, 15) is 0 Å². The first-order valence-electron chi connectivity index (χ1n) is 7.25. The molecule has 2 aromatic rings. The maximum atomic E-state index is 5.72. The highest BCUT2D eigenvalue weighted by Gasteiger charge is 2.22. The summed E-state index contributed by atoms with van der Waals surface area (Å²) in [5.74, 6) is 1.04. The van der Waals surface area contributed by atoms with Gasteiger partial charge in [-0.25, -0.2) is 0 Å². The Bertz CT molecular complexity index is 578. The van der Waals surface area contributed by atoms with Crippen molar-refractivity contribution < 1.29 is 4.74 Å². The van der Waals surface area contributed by atoms with Gasteiger partial charge in [0.15, 0.2) is 0 Å². The van der Waals surface area contributed by atoms with Crippen molar-refractivity contribution in [3.8, 4) is 5.75 Å². The summed E-state index contributed by atoms with van der Waals surface area (Å²) < 4.78 is 5.72. The Morgan fingerprint density at radius 1 is 1.30 bits per heavy atom. The number of benzene rings is 1. The van der Waals surface area contributed by atoms with Gasteiger partial charge in [0.25, 0.3) is 0 Å². The van der Waals surface area contributed by atoms with E-state index in [0.29, 0.717) is 12.1 Å². The third kappa shape index (κ3) is 3.05. The molecule has 0 amide bonds. The third-order valence-electron chi connectivity index (χ3n) is 3.75. The first-order valence-corrected chi connectivity index (χ1v) is 8.07. The van der Waals surface area contributed by atoms with Crippen LogP contribution in [0.1, 0.15) is 34.7 Å². The third-order valence-corrected chi connectivity index (χ3v) is 4.77. The molecule has 2 unspecified atom stereocenters. The summed E-state index contributed by atoms with van der Waals surface area (Å²) >= 11 is 1.90. The van der Waals surface area contributed by atoms with E-state index in [0.717, 1.165) is 25.2 Å². The highest BCUT2D eigenvalue weighted by molar-refractivity contribution is 7.11. The van der Waals surface area contributed by atoms with E-state index in [-0.39, 0.29) is 0 Å². The van der Waals surface area contributed by atoms with Gasteiger partial charge in [0, 0.05) is 33.8 Å². The SMILES string of the molecule is Cc1ccc(CC(C)NC2CCOc3ccccc32)s1. The van der Waals surface area contributed by atoms with Gasteiger partial charge < -0.3 is 10.1 Å². The van der Waals surface area contributed by atoms with Gasteiger partial charge in [-0.05, 0) is 38.5 Å². The van der Waals surface area contributed by atoms with E-state index in [1.54, 1.807) is 0 Å². The van der Waals surface area contributed by atoms with Crippen LogP contribution in [0.5, 0.6) is 5.75 Å². The second kappa shape index (κ2) is 5.98. The molecule has 106 valence electrons. The monoisotopic (exact) mass is 287 g/mol. The van der Waals surface area contributed by atoms with E-state index in [4.69, 9.17) is 4.74 Å². The fourth-order valence-corrected chi connectivity index (χ4v) is 3.83. The molecule has 1 aliphatic rings. The van der Waals surface area contributed by atoms with Crippen molar-refractivity contribution in [3.63, 3.8) is 0 Å². The predicted octanol–water partition coefficient (Wildman–Crippen LogP) is 4.10. The molecule has 0 saturated heterocycles. The van der Waals surface area contributed by atoms with Gasteiger partial charge >= 0.3 is 0 Å². The molecular formula is C17H21NOS. The van der Waals surface area contributed by atoms with Crippen molar-refractivity contribution in [3.05, 3.63) is 51.7 Å². The van der Waals surface area contributed by atoms with Gasteiger partial charge in [-0.3, -0.25) is 0 Å². The topological polar surface area (TPSA) is 21.3 Å². The number of hydrogen-bond donors (Lipinski definition) is 1. The molecule has 0 radical (unpaired) electrons. The Hall–Kier alpha value is -1.32. The predicted molar refractivity (Wildman–Crippen MR) is 84.7 cm³/mol. The number of fused-ring (bicyclic) bond motifs is 1. The number of para-hydroxylation sites is 1. The van der Waals surface area contributed by atoms with Crippen molar-refractivity contribution in [2.75, 3.05) is 6.61 Å². The summed E-state index contributed by atoms with van der Waals surface area (Å²) in [6, 6.07) is 13.7. The zero-order valence-electron chi connectivity index (χ0n) is 12.1. The molecule has 0 fully saturated rings. The first-order chi connectivity index (χ1) is 9.72. The lowest BCUT2D eigenvalue weighted by atomic mass is 9.99. The van der Waals surface area contributed by atoms with E-state index in [2.05, 4.69) is 49.5 Å². The van der Waals surface area contributed by atoms with Crippen molar-refractivity contribution in [2.24, 2.45) is 0 Å². The molecule has 0 saturated carbocycles. The minimum absolute atomic E-state index is 0.413. The molecule has 3 heteroatoms. The van der Waals surface area contributed by atoms with Crippen LogP contribution in [0.3, 0.4) is 0 Å². The number of nitrogens with one attached hydrogen (secondary N) is 1. The average molecular weight is 287 g/mol. The lowest BCUT2D eigenvalue weighted by Gasteiger charge is -2.29. The zero-order valence-corrected chi connectivity index (χ0v) is 12.9. The standard InChI is InChI=1S/C17H21NOS/c1-12(11-14-8-7-13(2)20-14)18-16-9-10-19-17-6-4-3-5-15(16)17/h3-8,12,16,18H,9-11H2,1-2H3. The van der Waals surface area contributed by atoms with Crippen LogP contribution in [-0.2, 0) is 6.42 Å². The van der Waals surface area contributed by atoms with Gasteiger partial charge in [-0.15, -0.1) is 11.3 Å². The van der Waals surface area contributed by atoms with Gasteiger partial charge in [0.1, 0.15) is 5.75 Å². The molecule has 1 N–H and O–H groups in total. The lowest BCUT2D eigenvalue weighted by molar-refractivity contribution is 0.245. The Morgan fingerprint density at radius 3 is 2.95 bits per heavy atom. The highest BCUT2D eigenvalue weighted by Crippen LogP contribution is 2.32. The largest absolute Gasteiger partial charge is 0.493 e. The van der Waals surface area contributed by atoms with Crippen LogP contribution in [0.4, 0.5) is 0 Å². The number of hydrogen-bond acceptors (Lipinski definition) is 3. The first kappa shape index (κ1) is 13.7. The Morgan fingerprint density at radius 2 is 2.15 bits per heavy atom. The number of rotatable bonds is 4. The zero-order chi connectivity index (χ0) is 13.9. The molecule has 2 heterocycles. The number of aryl methyl sites for hydroxylation is 1. The molecule has 3 rings (SSSR count). The van der Waals surface area contributed by atoms with Crippen LogP contribution in [0.25, 0.3) is 0 Å². The van der Waals surface area contributed by atoms with Crippen molar-refractivity contribution in [1.29, 1.82) is 0 Å². The molecule has 2 nitrogen and oxygen atoms in total. The number of ether oxygens (including phenoxy) is 1. The van der Waals surface area contributed by atoms with Crippen LogP contribution < -0.4 is 10.1 Å². The summed E-state index contributed by atoms with van der Waals surface area (Å²) in [6.45, 7) is 5.24. The molecule has 0 bridgehead atoms. The lowest BCUT2D eigenvalue weighted by Crippen LogP contribution is -2.34. The van der Waals surface area contributed by atoms with Crippen LogP contribution in [0, 0.1) is 6.92 Å². The average Bonchev–Trinajstić information content (AvgIpc) is 2.84. The Labute approximate surface area is 124 Å². The highest BCUT2D eigenvalue weighted by atomic mass is 32.1. The van der Waals surface area contributed by atoms with Crippen LogP contribution >= 0.6 is 11.3 Å². The molecule has 0 aliphatic carbocycles. The van der Waals surface area contributed by atoms with E-state index < -0.39 is 0 Å². The van der Waals surface area contributed by atoms with E-state index in [1.165, 1.54) is 15.3 Å². The molecule has 1 aromatic carbocycles.